The van der Waals surface area contributed by atoms with Crippen LogP contribution in [0, 0.1) is 0 Å². The molecule has 0 saturated carbocycles. The number of carbonyl (C=O) groups excluding carboxylic acids is 2. The molecule has 8 nitrogen and oxygen atoms in total. The molecule has 3 unspecified atom stereocenters. The minimum absolute atomic E-state index is 0.0361. The molecule has 0 fully saturated rings. The molecule has 0 radical (unpaired) electrons. The number of carbonyl (C=O) groups is 2. The van der Waals surface area contributed by atoms with Crippen LogP contribution >= 0.6 is 0 Å². The number of benzene rings is 1. The molecule has 2 N–H and O–H groups in total. The summed E-state index contributed by atoms with van der Waals surface area (Å²) in [4.78, 5) is 29.3. The van der Waals surface area contributed by atoms with Crippen LogP contribution in [0.2, 0.25) is 0 Å². The summed E-state index contributed by atoms with van der Waals surface area (Å²) in [7, 11) is 1.23. The fourth-order valence-corrected chi connectivity index (χ4v) is 3.04. The number of nitrogens with one attached hydrogen (secondary N) is 2. The number of hydrogen-bond donors (Lipinski definition) is 2. The van der Waals surface area contributed by atoms with Gasteiger partial charge in [-0.2, -0.15) is 13.2 Å². The highest BCUT2D eigenvalue weighted by molar-refractivity contribution is 5.90. The summed E-state index contributed by atoms with van der Waals surface area (Å²) in [5.74, 6) is -0.345. The molecule has 1 amide bonds. The van der Waals surface area contributed by atoms with Crippen molar-refractivity contribution in [3.05, 3.63) is 41.6 Å². The summed E-state index contributed by atoms with van der Waals surface area (Å²) in [5.41, 5.74) is -0.570. The summed E-state index contributed by atoms with van der Waals surface area (Å²) >= 11 is 0. The first-order valence-electron chi connectivity index (χ1n) is 10.3. The zero-order chi connectivity index (χ0) is 24.8. The van der Waals surface area contributed by atoms with Gasteiger partial charge in [0.05, 0.1) is 37.3 Å². The predicted octanol–water partition coefficient (Wildman–Crippen LogP) is 4.12. The third-order valence-electron chi connectivity index (χ3n) is 4.59. The van der Waals surface area contributed by atoms with Gasteiger partial charge < -0.3 is 24.8 Å². The van der Waals surface area contributed by atoms with Crippen molar-refractivity contribution in [3.63, 3.8) is 0 Å². The van der Waals surface area contributed by atoms with E-state index in [4.69, 9.17) is 14.2 Å². The number of methoxy groups -OCH3 is 1. The molecule has 2 rings (SSSR count). The minimum Gasteiger partial charge on any atom is -0.496 e. The van der Waals surface area contributed by atoms with Crippen molar-refractivity contribution in [2.45, 2.75) is 64.6 Å². The second kappa shape index (κ2) is 11.1. The summed E-state index contributed by atoms with van der Waals surface area (Å²) in [6, 6.07) is 2.08. The number of ether oxygens (including phenoxy) is 3. The molecule has 1 aliphatic heterocycles. The maximum absolute atomic E-state index is 13.0. The standard InChI is InChI=1S/C22H28F3N3O5/c1-12(2)32-20(29)18(11-19-26-9-8-13(3)27-19)33-21(30)28-14(4)16-7-6-15(22(23,24)25)10-17(16)31-5/h6-10,12-14,18H,11H2,1-5H3,(H,26,27)(H,28,30). The predicted molar refractivity (Wildman–Crippen MR) is 115 cm³/mol. The number of alkyl carbamates (subject to hydrolysis) is 1. The highest BCUT2D eigenvalue weighted by Crippen LogP contribution is 2.35. The van der Waals surface area contributed by atoms with Gasteiger partial charge in [0, 0.05) is 11.8 Å². The number of alkyl halides is 3. The van der Waals surface area contributed by atoms with E-state index in [1.165, 1.54) is 13.2 Å². The van der Waals surface area contributed by atoms with Gasteiger partial charge >= 0.3 is 18.2 Å². The third kappa shape index (κ3) is 7.69. The van der Waals surface area contributed by atoms with E-state index in [9.17, 15) is 22.8 Å². The first-order valence-corrected chi connectivity index (χ1v) is 10.3. The van der Waals surface area contributed by atoms with Gasteiger partial charge in [-0.05, 0) is 45.9 Å². The van der Waals surface area contributed by atoms with Crippen LogP contribution < -0.4 is 15.4 Å². The molecule has 182 valence electrons. The second-order valence-corrected chi connectivity index (χ2v) is 7.72. The fourth-order valence-electron chi connectivity index (χ4n) is 3.04. The van der Waals surface area contributed by atoms with Crippen LogP contribution in [0.25, 0.3) is 0 Å². The maximum atomic E-state index is 13.0. The number of aliphatic imine (C=N–C) groups is 1. The van der Waals surface area contributed by atoms with Crippen LogP contribution in [0.1, 0.15) is 51.3 Å². The van der Waals surface area contributed by atoms with Gasteiger partial charge in [0.15, 0.2) is 0 Å². The molecule has 0 spiro atoms. The highest BCUT2D eigenvalue weighted by Gasteiger charge is 2.32. The lowest BCUT2D eigenvalue weighted by atomic mass is 10.0. The Morgan fingerprint density at radius 1 is 1.21 bits per heavy atom. The van der Waals surface area contributed by atoms with Gasteiger partial charge in [-0.1, -0.05) is 6.07 Å². The third-order valence-corrected chi connectivity index (χ3v) is 4.59. The molecular weight excluding hydrogens is 443 g/mol. The van der Waals surface area contributed by atoms with Crippen molar-refractivity contribution in [2.75, 3.05) is 7.11 Å². The van der Waals surface area contributed by atoms with E-state index in [-0.39, 0.29) is 18.2 Å². The topological polar surface area (TPSA) is 98.3 Å². The lowest BCUT2D eigenvalue weighted by Crippen LogP contribution is -2.39. The summed E-state index contributed by atoms with van der Waals surface area (Å²) in [6.45, 7) is 6.73. The normalized spacial score (nSPS) is 17.5. The van der Waals surface area contributed by atoms with E-state index in [0.717, 1.165) is 12.1 Å². The van der Waals surface area contributed by atoms with Crippen LogP contribution in [0.4, 0.5) is 18.0 Å². The van der Waals surface area contributed by atoms with Crippen LogP contribution in [0.15, 0.2) is 35.5 Å². The summed E-state index contributed by atoms with van der Waals surface area (Å²) < 4.78 is 54.4. The minimum atomic E-state index is -4.53. The Kier molecular flexibility index (Phi) is 8.72. The number of nitrogens with zero attached hydrogens (tertiary/aromatic N) is 1. The molecule has 1 aliphatic rings. The Morgan fingerprint density at radius 2 is 1.91 bits per heavy atom. The average molecular weight is 471 g/mol. The largest absolute Gasteiger partial charge is 0.496 e. The average Bonchev–Trinajstić information content (AvgIpc) is 2.71. The number of amides is 1. The molecule has 0 aromatic heterocycles. The van der Waals surface area contributed by atoms with Gasteiger partial charge in [-0.3, -0.25) is 4.99 Å². The summed E-state index contributed by atoms with van der Waals surface area (Å²) in [5, 5.41) is 5.41. The van der Waals surface area contributed by atoms with E-state index in [0.29, 0.717) is 11.4 Å². The van der Waals surface area contributed by atoms with Gasteiger partial charge in [0.25, 0.3) is 0 Å². The molecule has 0 saturated heterocycles. The Labute approximate surface area is 190 Å². The van der Waals surface area contributed by atoms with Crippen LogP contribution in [-0.2, 0) is 20.4 Å². The SMILES string of the molecule is COc1cc(C(F)(F)F)ccc1C(C)NC(=O)OC(CC1=NC(C)C=CN1)C(=O)OC(C)C. The van der Waals surface area contributed by atoms with Crippen molar-refractivity contribution in [1.82, 2.24) is 10.6 Å². The number of amidine groups is 1. The highest BCUT2D eigenvalue weighted by atomic mass is 19.4. The van der Waals surface area contributed by atoms with Gasteiger partial charge in [-0.15, -0.1) is 0 Å². The molecule has 33 heavy (non-hydrogen) atoms. The molecule has 3 atom stereocenters. The molecule has 0 aliphatic carbocycles. The molecule has 11 heteroatoms. The number of hydrogen-bond acceptors (Lipinski definition) is 7. The number of esters is 1. The van der Waals surface area contributed by atoms with Crippen LogP contribution in [0.5, 0.6) is 5.75 Å². The smallest absolute Gasteiger partial charge is 0.416 e. The van der Waals surface area contributed by atoms with E-state index < -0.39 is 42.1 Å². The van der Waals surface area contributed by atoms with E-state index in [1.54, 1.807) is 27.0 Å². The van der Waals surface area contributed by atoms with Gasteiger partial charge in [0.1, 0.15) is 11.6 Å². The number of rotatable bonds is 8. The molecular formula is C22H28F3N3O5. The monoisotopic (exact) mass is 471 g/mol. The Balaban J connectivity index is 2.13. The Bertz CT molecular complexity index is 915. The van der Waals surface area contributed by atoms with Crippen molar-refractivity contribution in [2.24, 2.45) is 4.99 Å². The zero-order valence-electron chi connectivity index (χ0n) is 19.0. The quantitative estimate of drug-likeness (QED) is 0.554. The van der Waals surface area contributed by atoms with Crippen molar-refractivity contribution in [3.8, 4) is 5.75 Å². The van der Waals surface area contributed by atoms with E-state index in [2.05, 4.69) is 15.6 Å². The Hall–Kier alpha value is -3.24. The number of halogens is 3. The van der Waals surface area contributed by atoms with Crippen LogP contribution in [-0.4, -0.2) is 43.3 Å². The van der Waals surface area contributed by atoms with Crippen molar-refractivity contribution < 1.29 is 37.0 Å². The zero-order valence-corrected chi connectivity index (χ0v) is 19.0. The lowest BCUT2D eigenvalue weighted by Gasteiger charge is -2.23. The van der Waals surface area contributed by atoms with Gasteiger partial charge in [0.2, 0.25) is 6.10 Å². The Morgan fingerprint density at radius 3 is 2.48 bits per heavy atom. The second-order valence-electron chi connectivity index (χ2n) is 7.72. The maximum Gasteiger partial charge on any atom is 0.416 e. The summed E-state index contributed by atoms with van der Waals surface area (Å²) in [6.07, 6.45) is -3.73. The van der Waals surface area contributed by atoms with E-state index >= 15 is 0 Å². The first-order chi connectivity index (χ1) is 15.4. The first kappa shape index (κ1) is 26.0. The van der Waals surface area contributed by atoms with Gasteiger partial charge in [-0.25, -0.2) is 9.59 Å². The lowest BCUT2D eigenvalue weighted by molar-refractivity contribution is -0.157. The molecule has 1 heterocycles. The molecule has 1 aromatic rings. The van der Waals surface area contributed by atoms with Crippen molar-refractivity contribution >= 4 is 17.9 Å². The van der Waals surface area contributed by atoms with Crippen LogP contribution in [0.3, 0.4) is 0 Å². The molecule has 0 bridgehead atoms. The fraction of sp³-hybridized carbons (Fsp3) is 0.500. The van der Waals surface area contributed by atoms with E-state index in [1.807, 2.05) is 13.0 Å². The van der Waals surface area contributed by atoms with Crippen molar-refractivity contribution in [1.29, 1.82) is 0 Å². The molecule has 1 aromatic carbocycles.